The average Bonchev–Trinajstić information content (AvgIpc) is 2.33. The minimum atomic E-state index is 0.149. The summed E-state index contributed by atoms with van der Waals surface area (Å²) >= 11 is 3.49. The Morgan fingerprint density at radius 1 is 1.64 bits per heavy atom. The number of hydrogen-bond donors (Lipinski definition) is 2. The molecule has 2 unspecified atom stereocenters. The summed E-state index contributed by atoms with van der Waals surface area (Å²) in [6.07, 6.45) is 0.750. The van der Waals surface area contributed by atoms with Crippen LogP contribution in [0.1, 0.15) is 6.42 Å². The van der Waals surface area contributed by atoms with E-state index in [1.165, 1.54) is 0 Å². The number of hydrazine groups is 1. The van der Waals surface area contributed by atoms with Crippen molar-refractivity contribution in [1.29, 1.82) is 0 Å². The number of rotatable bonds is 0. The van der Waals surface area contributed by atoms with Crippen LogP contribution in [0.25, 0.3) is 0 Å². The van der Waals surface area contributed by atoms with Gasteiger partial charge in [0.15, 0.2) is 0 Å². The highest BCUT2D eigenvalue weighted by Gasteiger charge is 2.36. The molecule has 5 heteroatoms. The van der Waals surface area contributed by atoms with Crippen molar-refractivity contribution >= 4 is 21.8 Å². The molecule has 0 spiro atoms. The number of nitrogens with zero attached hydrogens (tertiary/aromatic N) is 1. The Bertz CT molecular complexity index is 187. The molecule has 2 saturated heterocycles. The van der Waals surface area contributed by atoms with Gasteiger partial charge in [-0.1, -0.05) is 15.9 Å². The molecule has 2 rings (SSSR count). The lowest BCUT2D eigenvalue weighted by atomic mass is 10.2. The van der Waals surface area contributed by atoms with Crippen LogP contribution in [-0.2, 0) is 4.79 Å². The Morgan fingerprint density at radius 3 is 3.27 bits per heavy atom. The van der Waals surface area contributed by atoms with Crippen molar-refractivity contribution < 1.29 is 4.79 Å². The fraction of sp³-hybridized carbons (Fsp3) is 0.833. The summed E-state index contributed by atoms with van der Waals surface area (Å²) < 4.78 is 0. The molecule has 2 aliphatic rings. The van der Waals surface area contributed by atoms with Gasteiger partial charge in [-0.15, -0.1) is 0 Å². The molecule has 0 saturated carbocycles. The number of carbonyl (C=O) groups excluding carboxylic acids is 1. The summed E-state index contributed by atoms with van der Waals surface area (Å²) in [6.45, 7) is 1.71. The van der Waals surface area contributed by atoms with Gasteiger partial charge in [-0.05, 0) is 0 Å². The summed E-state index contributed by atoms with van der Waals surface area (Å²) in [6, 6.07) is 0. The van der Waals surface area contributed by atoms with Gasteiger partial charge in [0.1, 0.15) is 6.17 Å². The van der Waals surface area contributed by atoms with Crippen LogP contribution in [0.15, 0.2) is 0 Å². The number of nitrogens with one attached hydrogen (secondary N) is 2. The van der Waals surface area contributed by atoms with Gasteiger partial charge in [0.05, 0.1) is 4.83 Å². The lowest BCUT2D eigenvalue weighted by Crippen LogP contribution is -2.55. The SMILES string of the molecule is O=C1CCN2NCC(Br)C2N1. The van der Waals surface area contributed by atoms with E-state index in [4.69, 9.17) is 0 Å². The molecule has 2 aliphatic heterocycles. The number of amides is 1. The van der Waals surface area contributed by atoms with E-state index in [2.05, 4.69) is 31.7 Å². The number of carbonyl (C=O) groups is 1. The zero-order chi connectivity index (χ0) is 7.84. The monoisotopic (exact) mass is 219 g/mol. The Kier molecular flexibility index (Phi) is 1.86. The van der Waals surface area contributed by atoms with Crippen LogP contribution in [0.3, 0.4) is 0 Å². The van der Waals surface area contributed by atoms with Crippen molar-refractivity contribution in [3.05, 3.63) is 0 Å². The van der Waals surface area contributed by atoms with E-state index in [0.717, 1.165) is 13.1 Å². The highest BCUT2D eigenvalue weighted by molar-refractivity contribution is 9.09. The Morgan fingerprint density at radius 2 is 2.45 bits per heavy atom. The molecule has 4 nitrogen and oxygen atoms in total. The Balaban J connectivity index is 2.07. The highest BCUT2D eigenvalue weighted by Crippen LogP contribution is 2.17. The van der Waals surface area contributed by atoms with Crippen molar-refractivity contribution in [2.24, 2.45) is 0 Å². The third kappa shape index (κ3) is 1.28. The van der Waals surface area contributed by atoms with E-state index < -0.39 is 0 Å². The second-order valence-corrected chi connectivity index (χ2v) is 4.01. The average molecular weight is 220 g/mol. The third-order valence-electron chi connectivity index (χ3n) is 2.06. The molecule has 1 amide bonds. The zero-order valence-corrected chi connectivity index (χ0v) is 7.60. The summed E-state index contributed by atoms with van der Waals surface area (Å²) in [7, 11) is 0. The molecule has 0 aromatic carbocycles. The summed E-state index contributed by atoms with van der Waals surface area (Å²) in [5.41, 5.74) is 3.20. The second kappa shape index (κ2) is 2.73. The summed E-state index contributed by atoms with van der Waals surface area (Å²) in [4.78, 5) is 11.3. The normalized spacial score (nSPS) is 38.5. The lowest BCUT2D eigenvalue weighted by Gasteiger charge is -2.30. The van der Waals surface area contributed by atoms with Gasteiger partial charge >= 0.3 is 0 Å². The smallest absolute Gasteiger partial charge is 0.222 e. The minimum Gasteiger partial charge on any atom is -0.338 e. The molecule has 2 atom stereocenters. The van der Waals surface area contributed by atoms with Crippen LogP contribution >= 0.6 is 15.9 Å². The molecular weight excluding hydrogens is 210 g/mol. The Hall–Kier alpha value is -0.130. The van der Waals surface area contributed by atoms with Gasteiger partial charge in [0.25, 0.3) is 0 Å². The maximum Gasteiger partial charge on any atom is 0.222 e. The first-order valence-corrected chi connectivity index (χ1v) is 4.62. The van der Waals surface area contributed by atoms with Crippen molar-refractivity contribution in [3.63, 3.8) is 0 Å². The van der Waals surface area contributed by atoms with Gasteiger partial charge in [0, 0.05) is 19.5 Å². The number of halogens is 1. The van der Waals surface area contributed by atoms with Crippen LogP contribution < -0.4 is 10.7 Å². The van der Waals surface area contributed by atoms with E-state index in [0.29, 0.717) is 11.2 Å². The van der Waals surface area contributed by atoms with Crippen molar-refractivity contribution in [2.75, 3.05) is 13.1 Å². The van der Waals surface area contributed by atoms with Crippen molar-refractivity contribution in [2.45, 2.75) is 17.4 Å². The predicted molar refractivity (Wildman–Crippen MR) is 44.0 cm³/mol. The summed E-state index contributed by atoms with van der Waals surface area (Å²) in [5.74, 6) is 0.152. The predicted octanol–water partition coefficient (Wildman–Crippen LogP) is -0.584. The van der Waals surface area contributed by atoms with E-state index in [-0.39, 0.29) is 12.1 Å². The maximum atomic E-state index is 11.0. The molecule has 0 bridgehead atoms. The summed E-state index contributed by atoms with van der Waals surface area (Å²) in [5, 5.41) is 4.98. The van der Waals surface area contributed by atoms with E-state index in [1.54, 1.807) is 0 Å². The highest BCUT2D eigenvalue weighted by atomic mass is 79.9. The molecule has 0 aromatic heterocycles. The van der Waals surface area contributed by atoms with Crippen LogP contribution in [0.2, 0.25) is 0 Å². The van der Waals surface area contributed by atoms with E-state index in [9.17, 15) is 4.79 Å². The van der Waals surface area contributed by atoms with Gasteiger partial charge < -0.3 is 5.32 Å². The molecule has 11 heavy (non-hydrogen) atoms. The fourth-order valence-corrected chi connectivity index (χ4v) is 2.02. The molecule has 2 heterocycles. The second-order valence-electron chi connectivity index (χ2n) is 2.83. The molecule has 62 valence electrons. The van der Waals surface area contributed by atoms with Gasteiger partial charge in [0.2, 0.25) is 5.91 Å². The standard InChI is InChI=1S/C6H10BrN3O/c7-4-3-8-10-2-1-5(11)9-6(4)10/h4,6,8H,1-3H2,(H,9,11). The fourth-order valence-electron chi connectivity index (χ4n) is 1.46. The lowest BCUT2D eigenvalue weighted by molar-refractivity contribution is -0.126. The largest absolute Gasteiger partial charge is 0.338 e. The van der Waals surface area contributed by atoms with Gasteiger partial charge in [-0.3, -0.25) is 10.2 Å². The molecular formula is C6H10BrN3O. The molecule has 2 fully saturated rings. The molecule has 0 aromatic rings. The zero-order valence-electron chi connectivity index (χ0n) is 6.01. The van der Waals surface area contributed by atoms with E-state index >= 15 is 0 Å². The van der Waals surface area contributed by atoms with E-state index in [1.807, 2.05) is 0 Å². The van der Waals surface area contributed by atoms with Gasteiger partial charge in [-0.25, -0.2) is 5.01 Å². The first-order valence-electron chi connectivity index (χ1n) is 3.71. The Labute approximate surface area is 73.4 Å². The van der Waals surface area contributed by atoms with Crippen molar-refractivity contribution in [3.8, 4) is 0 Å². The van der Waals surface area contributed by atoms with Crippen LogP contribution in [-0.4, -0.2) is 35.0 Å². The third-order valence-corrected chi connectivity index (χ3v) is 2.88. The quantitative estimate of drug-likeness (QED) is 0.536. The topological polar surface area (TPSA) is 44.4 Å². The minimum absolute atomic E-state index is 0.149. The van der Waals surface area contributed by atoms with Crippen LogP contribution in [0.4, 0.5) is 0 Å². The molecule has 2 N–H and O–H groups in total. The number of hydrogen-bond acceptors (Lipinski definition) is 3. The first kappa shape index (κ1) is 7.52. The van der Waals surface area contributed by atoms with Crippen LogP contribution in [0.5, 0.6) is 0 Å². The van der Waals surface area contributed by atoms with Gasteiger partial charge in [-0.2, -0.15) is 0 Å². The maximum absolute atomic E-state index is 11.0. The molecule has 0 radical (unpaired) electrons. The number of alkyl halides is 1. The number of fused-ring (bicyclic) bond motifs is 1. The first-order chi connectivity index (χ1) is 5.27. The van der Waals surface area contributed by atoms with Crippen molar-refractivity contribution in [1.82, 2.24) is 15.8 Å². The molecule has 0 aliphatic carbocycles. The van der Waals surface area contributed by atoms with Crippen LogP contribution in [0, 0.1) is 0 Å².